The van der Waals surface area contributed by atoms with Crippen LogP contribution in [0.2, 0.25) is 0 Å². The molecular weight excluding hydrogens is 1180 g/mol. The number of carbonyl (C=O) groups is 1. The average molecular weight is 1340 g/mol. The molecule has 12 unspecified atom stereocenters. The topological polar surface area (TPSA) is 228 Å². The number of amides is 1. The van der Waals surface area contributed by atoms with Gasteiger partial charge in [-0.25, -0.2) is 0 Å². The number of aliphatic hydroxyl groups excluding tert-OH is 8. The molecule has 0 spiro atoms. The number of rotatable bonds is 68. The molecule has 2 aliphatic rings. The van der Waals surface area contributed by atoms with Gasteiger partial charge in [-0.05, 0) is 44.9 Å². The molecule has 2 fully saturated rings. The number of allylic oxidation sites excluding steroid dienone is 5. The minimum atomic E-state index is -1.79. The van der Waals surface area contributed by atoms with Crippen molar-refractivity contribution < 1.29 is 64.6 Å². The first-order chi connectivity index (χ1) is 46.1. The monoisotopic (exact) mass is 1330 g/mol. The molecule has 2 rings (SSSR count). The van der Waals surface area contributed by atoms with Crippen molar-refractivity contribution in [1.29, 1.82) is 0 Å². The molecule has 2 heterocycles. The highest BCUT2D eigenvalue weighted by atomic mass is 16.7. The van der Waals surface area contributed by atoms with Crippen molar-refractivity contribution in [2.24, 2.45) is 0 Å². The summed E-state index contributed by atoms with van der Waals surface area (Å²) in [7, 11) is 0. The Morgan fingerprint density at radius 2 is 0.681 bits per heavy atom. The summed E-state index contributed by atoms with van der Waals surface area (Å²) in [4.78, 5) is 13.4. The Morgan fingerprint density at radius 1 is 0.372 bits per heavy atom. The fraction of sp³-hybridized carbons (Fsp3) is 0.912. The van der Waals surface area contributed by atoms with Gasteiger partial charge in [-0.2, -0.15) is 0 Å². The van der Waals surface area contributed by atoms with E-state index in [0.717, 1.165) is 44.9 Å². The summed E-state index contributed by atoms with van der Waals surface area (Å²) in [6, 6.07) is -0.938. The van der Waals surface area contributed by atoms with Crippen LogP contribution in [0, 0.1) is 0 Å². The van der Waals surface area contributed by atoms with Gasteiger partial charge in [-0.1, -0.05) is 359 Å². The van der Waals surface area contributed by atoms with Crippen LogP contribution in [0.4, 0.5) is 0 Å². The smallest absolute Gasteiger partial charge is 0.220 e. The zero-order chi connectivity index (χ0) is 68.0. The first kappa shape index (κ1) is 88.3. The molecule has 0 radical (unpaired) electrons. The van der Waals surface area contributed by atoms with Crippen LogP contribution in [0.1, 0.15) is 373 Å². The van der Waals surface area contributed by atoms with Crippen molar-refractivity contribution in [1.82, 2.24) is 5.32 Å². The maximum Gasteiger partial charge on any atom is 0.220 e. The lowest BCUT2D eigenvalue weighted by Gasteiger charge is -2.46. The number of hydrogen-bond acceptors (Lipinski definition) is 13. The Hall–Kier alpha value is -1.79. The lowest BCUT2D eigenvalue weighted by atomic mass is 9.97. The standard InChI is InChI=1S/C80H151NO13/c1-3-5-7-9-11-13-15-17-19-21-23-25-27-29-31-33-34-36-38-40-42-44-46-48-50-52-54-56-58-60-62-64-72(85)81-68(67-91-79-77(90)75(88)78(71(66-83)93-79)94-80-76(89)74(87)73(86)70(65-82)92-80)69(84)63-61-59-57-55-53-51-49-47-45-43-41-39-37-35-32-30-28-26-24-22-20-18-16-14-12-10-8-6-4-2/h45,47,53,55,61,63,68-71,73-80,82-84,86-90H,3-44,46,48-52,54,56-60,62,64-67H2,1-2H3,(H,81,85)/b47-45+,55-53+,63-61+. The van der Waals surface area contributed by atoms with Crippen molar-refractivity contribution in [3.05, 3.63) is 36.5 Å². The van der Waals surface area contributed by atoms with E-state index in [1.807, 2.05) is 6.08 Å². The summed E-state index contributed by atoms with van der Waals surface area (Å²) in [6.07, 6.45) is 68.1. The molecule has 14 nitrogen and oxygen atoms in total. The SMILES string of the molecule is CCCCCCCCCCCCCCCCCCCCC/C=C/CC/C=C/CC/C=C/C(O)C(COC1OC(CO)C(OC2OC(CO)C(O)C(O)C2O)C(O)C1O)NC(=O)CCCCCCCCCCCCCCCCCCCCCCCCCCCCCCCCC. The molecule has 9 N–H and O–H groups in total. The van der Waals surface area contributed by atoms with E-state index in [1.165, 1.54) is 295 Å². The van der Waals surface area contributed by atoms with E-state index in [4.69, 9.17) is 18.9 Å². The molecule has 0 bridgehead atoms. The van der Waals surface area contributed by atoms with Crippen LogP contribution < -0.4 is 5.32 Å². The van der Waals surface area contributed by atoms with Gasteiger partial charge in [0.15, 0.2) is 12.6 Å². The van der Waals surface area contributed by atoms with Gasteiger partial charge in [0.1, 0.15) is 48.8 Å². The molecular formula is C80H151NO13. The van der Waals surface area contributed by atoms with E-state index in [-0.39, 0.29) is 18.9 Å². The average Bonchev–Trinajstić information content (AvgIpc) is 0.794. The van der Waals surface area contributed by atoms with E-state index < -0.39 is 86.8 Å². The van der Waals surface area contributed by atoms with Crippen LogP contribution in [0.15, 0.2) is 36.5 Å². The predicted molar refractivity (Wildman–Crippen MR) is 388 cm³/mol. The fourth-order valence-electron chi connectivity index (χ4n) is 13.4. The number of unbranched alkanes of at least 4 members (excludes halogenated alkanes) is 51. The molecule has 1 amide bonds. The van der Waals surface area contributed by atoms with Gasteiger partial charge in [0.2, 0.25) is 5.91 Å². The fourth-order valence-corrected chi connectivity index (χ4v) is 13.4. The van der Waals surface area contributed by atoms with Crippen LogP contribution in [0.5, 0.6) is 0 Å². The third kappa shape index (κ3) is 47.3. The third-order valence-electron chi connectivity index (χ3n) is 19.8. The van der Waals surface area contributed by atoms with Crippen molar-refractivity contribution in [2.75, 3.05) is 19.8 Å². The number of hydrogen-bond donors (Lipinski definition) is 9. The number of carbonyl (C=O) groups excluding carboxylic acids is 1. The summed E-state index contributed by atoms with van der Waals surface area (Å²) in [5.41, 5.74) is 0. The Labute approximate surface area is 576 Å². The highest BCUT2D eigenvalue weighted by molar-refractivity contribution is 5.76. The lowest BCUT2D eigenvalue weighted by molar-refractivity contribution is -0.359. The minimum absolute atomic E-state index is 0.245. The quantitative estimate of drug-likeness (QED) is 0.0204. The molecule has 14 heteroatoms. The van der Waals surface area contributed by atoms with Gasteiger partial charge in [0.25, 0.3) is 0 Å². The summed E-state index contributed by atoms with van der Waals surface area (Å²) in [6.45, 7) is 2.84. The largest absolute Gasteiger partial charge is 0.394 e. The number of nitrogens with one attached hydrogen (secondary N) is 1. The predicted octanol–water partition coefficient (Wildman–Crippen LogP) is 18.0. The van der Waals surface area contributed by atoms with Crippen LogP contribution in [0.25, 0.3) is 0 Å². The van der Waals surface area contributed by atoms with Crippen LogP contribution in [0.3, 0.4) is 0 Å². The van der Waals surface area contributed by atoms with Crippen LogP contribution >= 0.6 is 0 Å². The molecule has 0 saturated carbocycles. The number of aliphatic hydroxyl groups is 8. The van der Waals surface area contributed by atoms with Crippen molar-refractivity contribution in [3.8, 4) is 0 Å². The number of ether oxygens (including phenoxy) is 4. The zero-order valence-corrected chi connectivity index (χ0v) is 60.7. The summed E-state index contributed by atoms with van der Waals surface area (Å²) < 4.78 is 22.9. The maximum absolute atomic E-state index is 13.4. The second-order valence-corrected chi connectivity index (χ2v) is 28.5. The van der Waals surface area contributed by atoms with Gasteiger partial charge in [-0.15, -0.1) is 0 Å². The van der Waals surface area contributed by atoms with Crippen LogP contribution in [-0.4, -0.2) is 140 Å². The Morgan fingerprint density at radius 3 is 1.04 bits per heavy atom. The second kappa shape index (κ2) is 64.6. The lowest BCUT2D eigenvalue weighted by Crippen LogP contribution is -2.65. The molecule has 0 aliphatic carbocycles. The van der Waals surface area contributed by atoms with Gasteiger partial charge in [0.05, 0.1) is 32.0 Å². The Balaban J connectivity index is 1.64. The summed E-state index contributed by atoms with van der Waals surface area (Å²) >= 11 is 0. The summed E-state index contributed by atoms with van der Waals surface area (Å²) in [5.74, 6) is -0.245. The maximum atomic E-state index is 13.4. The van der Waals surface area contributed by atoms with Gasteiger partial charge < -0.3 is 65.1 Å². The van der Waals surface area contributed by atoms with E-state index in [1.54, 1.807) is 6.08 Å². The molecule has 2 saturated heterocycles. The van der Waals surface area contributed by atoms with E-state index in [2.05, 4.69) is 43.5 Å². The Bertz CT molecular complexity index is 1720. The molecule has 0 aromatic heterocycles. The first-order valence-corrected chi connectivity index (χ1v) is 40.2. The minimum Gasteiger partial charge on any atom is -0.394 e. The van der Waals surface area contributed by atoms with Crippen LogP contribution in [-0.2, 0) is 23.7 Å². The second-order valence-electron chi connectivity index (χ2n) is 28.5. The van der Waals surface area contributed by atoms with Gasteiger partial charge in [0, 0.05) is 6.42 Å². The summed E-state index contributed by atoms with van der Waals surface area (Å²) in [5, 5.41) is 87.6. The molecule has 0 aromatic rings. The van der Waals surface area contributed by atoms with Crippen molar-refractivity contribution in [2.45, 2.75) is 447 Å². The van der Waals surface area contributed by atoms with Crippen molar-refractivity contribution in [3.63, 3.8) is 0 Å². The van der Waals surface area contributed by atoms with E-state index in [9.17, 15) is 45.6 Å². The Kier molecular flexibility index (Phi) is 60.7. The van der Waals surface area contributed by atoms with Gasteiger partial charge in [-0.3, -0.25) is 4.79 Å². The molecule has 94 heavy (non-hydrogen) atoms. The molecule has 12 atom stereocenters. The zero-order valence-electron chi connectivity index (χ0n) is 60.7. The van der Waals surface area contributed by atoms with E-state index in [0.29, 0.717) is 12.8 Å². The van der Waals surface area contributed by atoms with E-state index >= 15 is 0 Å². The highest BCUT2D eigenvalue weighted by Crippen LogP contribution is 2.30. The molecule has 2 aliphatic heterocycles. The van der Waals surface area contributed by atoms with Gasteiger partial charge >= 0.3 is 0 Å². The normalized spacial score (nSPS) is 22.6. The highest BCUT2D eigenvalue weighted by Gasteiger charge is 2.51. The molecule has 554 valence electrons. The van der Waals surface area contributed by atoms with Crippen molar-refractivity contribution >= 4 is 5.91 Å². The molecule has 0 aromatic carbocycles. The third-order valence-corrected chi connectivity index (χ3v) is 19.8. The first-order valence-electron chi connectivity index (χ1n) is 40.2.